The molecule has 0 aromatic heterocycles. The van der Waals surface area contributed by atoms with Gasteiger partial charge in [0.1, 0.15) is 5.75 Å². The lowest BCUT2D eigenvalue weighted by Gasteiger charge is -2.17. The molecule has 0 atom stereocenters. The number of alkyl halides is 3. The van der Waals surface area contributed by atoms with E-state index in [9.17, 15) is 28.1 Å². The number of carbonyl (C=O) groups is 1. The molecule has 2 rings (SSSR count). The van der Waals surface area contributed by atoms with E-state index < -0.39 is 11.3 Å². The van der Waals surface area contributed by atoms with Crippen molar-refractivity contribution in [1.82, 2.24) is 4.90 Å². The molecular formula is C19H20F3N3O4. The van der Waals surface area contributed by atoms with Crippen molar-refractivity contribution in [3.05, 3.63) is 63.7 Å². The van der Waals surface area contributed by atoms with E-state index in [2.05, 4.69) is 10.1 Å². The van der Waals surface area contributed by atoms with Gasteiger partial charge in [0, 0.05) is 25.6 Å². The molecule has 10 heteroatoms. The van der Waals surface area contributed by atoms with Crippen molar-refractivity contribution in [2.45, 2.75) is 26.3 Å². The summed E-state index contributed by atoms with van der Waals surface area (Å²) in [4.78, 5) is 24.4. The number of nitrogens with zero attached hydrogens (tertiary/aromatic N) is 2. The largest absolute Gasteiger partial charge is 0.573 e. The van der Waals surface area contributed by atoms with Crippen LogP contribution < -0.4 is 10.1 Å². The van der Waals surface area contributed by atoms with Crippen LogP contribution in [0.15, 0.2) is 42.5 Å². The second kappa shape index (κ2) is 9.37. The van der Waals surface area contributed by atoms with Gasteiger partial charge < -0.3 is 15.0 Å². The van der Waals surface area contributed by atoms with Crippen molar-refractivity contribution in [1.29, 1.82) is 0 Å². The summed E-state index contributed by atoms with van der Waals surface area (Å²) in [7, 11) is 1.77. The molecule has 2 aromatic rings. The molecule has 1 N–H and O–H groups in total. The highest BCUT2D eigenvalue weighted by Gasteiger charge is 2.30. The van der Waals surface area contributed by atoms with E-state index >= 15 is 0 Å². The lowest BCUT2D eigenvalue weighted by atomic mass is 10.1. The Labute approximate surface area is 165 Å². The Bertz CT molecular complexity index is 870. The molecule has 0 radical (unpaired) electrons. The molecule has 0 aliphatic heterocycles. The quantitative estimate of drug-likeness (QED) is 0.518. The maximum Gasteiger partial charge on any atom is 0.573 e. The Hall–Kier alpha value is -3.14. The number of benzene rings is 2. The number of hydrogen-bond acceptors (Lipinski definition) is 5. The minimum Gasteiger partial charge on any atom is -0.406 e. The third-order valence-electron chi connectivity index (χ3n) is 4.11. The van der Waals surface area contributed by atoms with Gasteiger partial charge in [-0.15, -0.1) is 13.2 Å². The van der Waals surface area contributed by atoms with E-state index in [1.54, 1.807) is 20.0 Å². The maximum atomic E-state index is 12.2. The number of carbonyl (C=O) groups excluding carboxylic acids is 1. The van der Waals surface area contributed by atoms with Gasteiger partial charge in [0.2, 0.25) is 5.91 Å². The average molecular weight is 411 g/mol. The second-order valence-electron chi connectivity index (χ2n) is 6.43. The number of amides is 1. The van der Waals surface area contributed by atoms with Crippen LogP contribution in [-0.2, 0) is 11.3 Å². The lowest BCUT2D eigenvalue weighted by Crippen LogP contribution is -2.24. The zero-order valence-electron chi connectivity index (χ0n) is 15.8. The molecule has 0 heterocycles. The van der Waals surface area contributed by atoms with Crippen molar-refractivity contribution in [3.8, 4) is 5.75 Å². The van der Waals surface area contributed by atoms with Crippen LogP contribution in [0.2, 0.25) is 0 Å². The molecule has 2 aromatic carbocycles. The summed E-state index contributed by atoms with van der Waals surface area (Å²) in [6.07, 6.45) is -4.59. The molecular weight excluding hydrogens is 391 g/mol. The summed E-state index contributed by atoms with van der Waals surface area (Å²) in [5.41, 5.74) is 1.45. The zero-order chi connectivity index (χ0) is 21.6. The summed E-state index contributed by atoms with van der Waals surface area (Å²) in [5, 5.41) is 13.6. The molecule has 156 valence electrons. The summed E-state index contributed by atoms with van der Waals surface area (Å²) in [6.45, 7) is 2.38. The van der Waals surface area contributed by atoms with E-state index in [1.165, 1.54) is 36.4 Å². The van der Waals surface area contributed by atoms with Crippen molar-refractivity contribution in [2.75, 3.05) is 18.9 Å². The Kier molecular flexibility index (Phi) is 7.16. The second-order valence-corrected chi connectivity index (χ2v) is 6.43. The highest BCUT2D eigenvalue weighted by Crippen LogP contribution is 2.25. The predicted octanol–water partition coefficient (Wildman–Crippen LogP) is 4.26. The number of hydrogen-bond donors (Lipinski definition) is 1. The van der Waals surface area contributed by atoms with Crippen molar-refractivity contribution >= 4 is 17.3 Å². The van der Waals surface area contributed by atoms with Crippen LogP contribution in [-0.4, -0.2) is 35.7 Å². The van der Waals surface area contributed by atoms with Crippen LogP contribution >= 0.6 is 0 Å². The fourth-order valence-corrected chi connectivity index (χ4v) is 2.65. The molecule has 0 unspecified atom stereocenters. The molecule has 0 aliphatic carbocycles. The number of halogens is 3. The molecule has 0 saturated carbocycles. The van der Waals surface area contributed by atoms with Crippen LogP contribution in [0.25, 0.3) is 0 Å². The fourth-order valence-electron chi connectivity index (χ4n) is 2.65. The Morgan fingerprint density at radius 2 is 1.86 bits per heavy atom. The topological polar surface area (TPSA) is 84.7 Å². The summed E-state index contributed by atoms with van der Waals surface area (Å²) >= 11 is 0. The first-order valence-electron chi connectivity index (χ1n) is 8.62. The van der Waals surface area contributed by atoms with Gasteiger partial charge in [0.25, 0.3) is 5.69 Å². The number of nitro groups is 1. The third-order valence-corrected chi connectivity index (χ3v) is 4.11. The smallest absolute Gasteiger partial charge is 0.406 e. The van der Waals surface area contributed by atoms with E-state index in [4.69, 9.17) is 0 Å². The van der Waals surface area contributed by atoms with E-state index in [0.717, 1.165) is 5.56 Å². The first-order chi connectivity index (χ1) is 13.5. The zero-order valence-corrected chi connectivity index (χ0v) is 15.8. The van der Waals surface area contributed by atoms with E-state index in [0.29, 0.717) is 24.3 Å². The highest BCUT2D eigenvalue weighted by molar-refractivity contribution is 5.92. The molecule has 29 heavy (non-hydrogen) atoms. The van der Waals surface area contributed by atoms with Crippen molar-refractivity contribution < 1.29 is 27.6 Å². The molecule has 0 aliphatic rings. The molecule has 0 saturated heterocycles. The van der Waals surface area contributed by atoms with Gasteiger partial charge in [-0.1, -0.05) is 18.2 Å². The monoisotopic (exact) mass is 411 g/mol. The van der Waals surface area contributed by atoms with Gasteiger partial charge in [-0.05, 0) is 37.7 Å². The minimum atomic E-state index is -4.73. The van der Waals surface area contributed by atoms with Crippen LogP contribution in [0.5, 0.6) is 5.75 Å². The van der Waals surface area contributed by atoms with Crippen LogP contribution in [0.1, 0.15) is 17.5 Å². The normalized spacial score (nSPS) is 11.4. The van der Waals surface area contributed by atoms with Gasteiger partial charge in [0.05, 0.1) is 16.2 Å². The molecule has 1 amide bonds. The number of nitrogens with one attached hydrogen (secondary N) is 1. The van der Waals surface area contributed by atoms with Gasteiger partial charge in [-0.25, -0.2) is 0 Å². The predicted molar refractivity (Wildman–Crippen MR) is 101 cm³/mol. The number of anilines is 1. The van der Waals surface area contributed by atoms with Crippen LogP contribution in [0.4, 0.5) is 24.5 Å². The minimum absolute atomic E-state index is 0.0714. The SMILES string of the molecule is Cc1c(NC(=O)CCN(C)Cc2ccc(OC(F)(F)F)cc2)cccc1[N+](=O)[O-]. The average Bonchev–Trinajstić information content (AvgIpc) is 2.62. The van der Waals surface area contributed by atoms with Gasteiger partial charge in [-0.2, -0.15) is 0 Å². The lowest BCUT2D eigenvalue weighted by molar-refractivity contribution is -0.385. The van der Waals surface area contributed by atoms with Crippen LogP contribution in [0, 0.1) is 17.0 Å². The Morgan fingerprint density at radius 3 is 2.45 bits per heavy atom. The van der Waals surface area contributed by atoms with Gasteiger partial charge >= 0.3 is 6.36 Å². The Balaban J connectivity index is 1.85. The molecule has 0 spiro atoms. The Morgan fingerprint density at radius 1 is 1.21 bits per heavy atom. The van der Waals surface area contributed by atoms with Gasteiger partial charge in [0.15, 0.2) is 0 Å². The fraction of sp³-hybridized carbons (Fsp3) is 0.316. The molecule has 7 nitrogen and oxygen atoms in total. The number of nitro benzene ring substituents is 1. The van der Waals surface area contributed by atoms with Crippen LogP contribution in [0.3, 0.4) is 0 Å². The van der Waals surface area contributed by atoms with Crippen molar-refractivity contribution in [2.24, 2.45) is 0 Å². The maximum absolute atomic E-state index is 12.2. The summed E-state index contributed by atoms with van der Waals surface area (Å²) in [6, 6.07) is 9.95. The highest BCUT2D eigenvalue weighted by atomic mass is 19.4. The summed E-state index contributed by atoms with van der Waals surface area (Å²) < 4.78 is 40.3. The first kappa shape index (κ1) is 22.2. The summed E-state index contributed by atoms with van der Waals surface area (Å²) in [5.74, 6) is -0.593. The first-order valence-corrected chi connectivity index (χ1v) is 8.62. The van der Waals surface area contributed by atoms with E-state index in [1.807, 2.05) is 4.90 Å². The van der Waals surface area contributed by atoms with E-state index in [-0.39, 0.29) is 23.8 Å². The third kappa shape index (κ3) is 7.07. The van der Waals surface area contributed by atoms with Gasteiger partial charge in [-0.3, -0.25) is 14.9 Å². The molecule has 0 bridgehead atoms. The van der Waals surface area contributed by atoms with Crippen molar-refractivity contribution in [3.63, 3.8) is 0 Å². The number of rotatable bonds is 8. The molecule has 0 fully saturated rings. The number of ether oxygens (including phenoxy) is 1. The standard InChI is InChI=1S/C19H20F3N3O4/c1-13-16(4-3-5-17(13)25(27)28)23-18(26)10-11-24(2)12-14-6-8-15(9-7-14)29-19(20,21)22/h3-9H,10-12H2,1-2H3,(H,23,26).